The summed E-state index contributed by atoms with van der Waals surface area (Å²) in [7, 11) is 0. The second-order valence-electron chi connectivity index (χ2n) is 5.40. The van der Waals surface area contributed by atoms with Crippen molar-refractivity contribution in [1.29, 1.82) is 0 Å². The van der Waals surface area contributed by atoms with Gasteiger partial charge in [-0.2, -0.15) is 0 Å². The van der Waals surface area contributed by atoms with E-state index in [0.717, 1.165) is 6.04 Å². The fraction of sp³-hybridized carbons (Fsp3) is 0.733. The van der Waals surface area contributed by atoms with Gasteiger partial charge in [0.05, 0.1) is 0 Å². The minimum atomic E-state index is 0.527. The summed E-state index contributed by atoms with van der Waals surface area (Å²) < 4.78 is 0. The Bertz CT molecular complexity index is 323. The summed E-state index contributed by atoms with van der Waals surface area (Å²) in [5.41, 5.74) is 1.45. The number of aryl methyl sites for hydroxylation is 1. The van der Waals surface area contributed by atoms with Crippen molar-refractivity contribution in [2.75, 3.05) is 0 Å². The average molecular weight is 251 g/mol. The van der Waals surface area contributed by atoms with E-state index in [-0.39, 0.29) is 0 Å². The van der Waals surface area contributed by atoms with Crippen molar-refractivity contribution < 1.29 is 0 Å². The van der Waals surface area contributed by atoms with Crippen LogP contribution in [0.5, 0.6) is 0 Å². The van der Waals surface area contributed by atoms with Crippen LogP contribution in [-0.2, 0) is 0 Å². The molecule has 1 saturated carbocycles. The molecule has 1 aliphatic rings. The average Bonchev–Trinajstić information content (AvgIpc) is 2.68. The number of nitrogens with one attached hydrogen (secondary N) is 1. The fourth-order valence-electron chi connectivity index (χ4n) is 2.88. The number of rotatable bonds is 3. The quantitative estimate of drug-likeness (QED) is 0.812. The highest BCUT2D eigenvalue weighted by molar-refractivity contribution is 7.10. The normalized spacial score (nSPS) is 20.8. The van der Waals surface area contributed by atoms with Gasteiger partial charge in [0.2, 0.25) is 0 Å². The van der Waals surface area contributed by atoms with Crippen molar-refractivity contribution >= 4 is 11.3 Å². The third-order valence-corrected chi connectivity index (χ3v) is 5.09. The van der Waals surface area contributed by atoms with Gasteiger partial charge in [-0.25, -0.2) is 0 Å². The minimum Gasteiger partial charge on any atom is -0.307 e. The van der Waals surface area contributed by atoms with Gasteiger partial charge in [0.25, 0.3) is 0 Å². The molecule has 0 amide bonds. The third kappa shape index (κ3) is 3.82. The Labute approximate surface area is 110 Å². The van der Waals surface area contributed by atoms with Gasteiger partial charge >= 0.3 is 0 Å². The Kier molecular flexibility index (Phi) is 5.05. The van der Waals surface area contributed by atoms with Gasteiger partial charge in [-0.3, -0.25) is 0 Å². The molecule has 0 aliphatic heterocycles. The van der Waals surface area contributed by atoms with Crippen molar-refractivity contribution in [1.82, 2.24) is 5.32 Å². The van der Waals surface area contributed by atoms with Gasteiger partial charge < -0.3 is 5.32 Å². The molecule has 1 N–H and O–H groups in total. The lowest BCUT2D eigenvalue weighted by Crippen LogP contribution is -2.32. The Balaban J connectivity index is 1.88. The maximum absolute atomic E-state index is 3.84. The Hall–Kier alpha value is -0.340. The van der Waals surface area contributed by atoms with Gasteiger partial charge in [-0.1, -0.05) is 32.1 Å². The first-order valence-corrected chi connectivity index (χ1v) is 7.95. The molecular weight excluding hydrogens is 226 g/mol. The molecule has 17 heavy (non-hydrogen) atoms. The second-order valence-corrected chi connectivity index (χ2v) is 6.35. The first-order chi connectivity index (χ1) is 8.27. The van der Waals surface area contributed by atoms with Crippen LogP contribution in [0.2, 0.25) is 0 Å². The summed E-state index contributed by atoms with van der Waals surface area (Å²) in [6, 6.07) is 3.50. The van der Waals surface area contributed by atoms with E-state index in [1.54, 1.807) is 0 Å². The molecule has 0 saturated heterocycles. The maximum Gasteiger partial charge on any atom is 0.0390 e. The molecule has 2 heteroatoms. The van der Waals surface area contributed by atoms with Crippen LogP contribution in [0.3, 0.4) is 0 Å². The van der Waals surface area contributed by atoms with E-state index >= 15 is 0 Å². The highest BCUT2D eigenvalue weighted by Gasteiger charge is 2.16. The van der Waals surface area contributed by atoms with Crippen LogP contribution in [-0.4, -0.2) is 6.04 Å². The van der Waals surface area contributed by atoms with Crippen LogP contribution in [0.1, 0.15) is 68.4 Å². The molecular formula is C15H25NS. The summed E-state index contributed by atoms with van der Waals surface area (Å²) in [6.45, 7) is 4.54. The van der Waals surface area contributed by atoms with E-state index < -0.39 is 0 Å². The molecule has 1 heterocycles. The second kappa shape index (κ2) is 6.55. The number of hydrogen-bond donors (Lipinski definition) is 1. The third-order valence-electron chi connectivity index (χ3n) is 3.89. The van der Waals surface area contributed by atoms with Gasteiger partial charge in [0, 0.05) is 17.0 Å². The number of thiophene rings is 1. The van der Waals surface area contributed by atoms with E-state index in [0.29, 0.717) is 6.04 Å². The summed E-state index contributed by atoms with van der Waals surface area (Å²) in [4.78, 5) is 1.52. The van der Waals surface area contributed by atoms with Crippen molar-refractivity contribution in [3.63, 3.8) is 0 Å². The Morgan fingerprint density at radius 1 is 1.18 bits per heavy atom. The van der Waals surface area contributed by atoms with Crippen molar-refractivity contribution in [2.24, 2.45) is 0 Å². The predicted octanol–water partition coefficient (Wildman–Crippen LogP) is 4.82. The van der Waals surface area contributed by atoms with E-state index in [2.05, 4.69) is 30.6 Å². The highest BCUT2D eigenvalue weighted by atomic mass is 32.1. The standard InChI is InChI=1S/C15H25NS/c1-12-10-11-17-15(12)13(2)16-14-8-6-4-3-5-7-9-14/h10-11,13-14,16H,3-9H2,1-2H3. The topological polar surface area (TPSA) is 12.0 Å². The van der Waals surface area contributed by atoms with Crippen LogP contribution in [0, 0.1) is 6.92 Å². The van der Waals surface area contributed by atoms with E-state index in [1.807, 2.05) is 11.3 Å². The zero-order valence-corrected chi connectivity index (χ0v) is 12.0. The first kappa shape index (κ1) is 13.1. The molecule has 1 unspecified atom stereocenters. The monoisotopic (exact) mass is 251 g/mol. The van der Waals surface area contributed by atoms with E-state index in [9.17, 15) is 0 Å². The molecule has 2 rings (SSSR count). The summed E-state index contributed by atoms with van der Waals surface area (Å²) >= 11 is 1.89. The molecule has 1 atom stereocenters. The van der Waals surface area contributed by atoms with Gasteiger partial charge in [0.1, 0.15) is 0 Å². The van der Waals surface area contributed by atoms with Crippen molar-refractivity contribution in [3.05, 3.63) is 21.9 Å². The van der Waals surface area contributed by atoms with Crippen LogP contribution in [0.15, 0.2) is 11.4 Å². The fourth-order valence-corrected chi connectivity index (χ4v) is 3.82. The van der Waals surface area contributed by atoms with Crippen LogP contribution >= 0.6 is 11.3 Å². The summed E-state index contributed by atoms with van der Waals surface area (Å²) in [5.74, 6) is 0. The molecule has 1 fully saturated rings. The van der Waals surface area contributed by atoms with E-state index in [4.69, 9.17) is 0 Å². The Morgan fingerprint density at radius 2 is 1.82 bits per heavy atom. The molecule has 1 aromatic rings. The highest BCUT2D eigenvalue weighted by Crippen LogP contribution is 2.26. The molecule has 96 valence electrons. The van der Waals surface area contributed by atoms with Crippen LogP contribution in [0.4, 0.5) is 0 Å². The zero-order chi connectivity index (χ0) is 12.1. The van der Waals surface area contributed by atoms with Crippen molar-refractivity contribution in [2.45, 2.75) is 70.9 Å². The Morgan fingerprint density at radius 3 is 2.41 bits per heavy atom. The largest absolute Gasteiger partial charge is 0.307 e. The lowest BCUT2D eigenvalue weighted by atomic mass is 9.96. The molecule has 1 nitrogen and oxygen atoms in total. The number of hydrogen-bond acceptors (Lipinski definition) is 2. The maximum atomic E-state index is 3.84. The molecule has 1 aliphatic carbocycles. The minimum absolute atomic E-state index is 0.527. The van der Waals surface area contributed by atoms with Gasteiger partial charge in [0.15, 0.2) is 0 Å². The van der Waals surface area contributed by atoms with E-state index in [1.165, 1.54) is 55.4 Å². The first-order valence-electron chi connectivity index (χ1n) is 7.07. The van der Waals surface area contributed by atoms with Crippen molar-refractivity contribution in [3.8, 4) is 0 Å². The van der Waals surface area contributed by atoms with Crippen LogP contribution < -0.4 is 5.32 Å². The lowest BCUT2D eigenvalue weighted by Gasteiger charge is -2.25. The predicted molar refractivity (Wildman–Crippen MR) is 76.7 cm³/mol. The molecule has 0 spiro atoms. The van der Waals surface area contributed by atoms with Crippen LogP contribution in [0.25, 0.3) is 0 Å². The molecule has 0 aromatic carbocycles. The smallest absolute Gasteiger partial charge is 0.0390 e. The lowest BCUT2D eigenvalue weighted by molar-refractivity contribution is 0.364. The SMILES string of the molecule is Cc1ccsc1C(C)NC1CCCCCCC1. The zero-order valence-electron chi connectivity index (χ0n) is 11.2. The molecule has 1 aromatic heterocycles. The van der Waals surface area contributed by atoms with Gasteiger partial charge in [-0.15, -0.1) is 11.3 Å². The molecule has 0 bridgehead atoms. The summed E-state index contributed by atoms with van der Waals surface area (Å²) in [5, 5.41) is 6.05. The summed E-state index contributed by atoms with van der Waals surface area (Å²) in [6.07, 6.45) is 9.88. The molecule has 0 radical (unpaired) electrons. The van der Waals surface area contributed by atoms with Gasteiger partial charge in [-0.05, 0) is 43.7 Å².